The van der Waals surface area contributed by atoms with Gasteiger partial charge in [0.2, 0.25) is 0 Å². The molecule has 0 aliphatic rings. The van der Waals surface area contributed by atoms with Crippen LogP contribution in [0.1, 0.15) is 23.0 Å². The first kappa shape index (κ1) is 12.2. The number of hydrogen-bond acceptors (Lipinski definition) is 3. The standard InChI is InChI=1S/C11H14N2O3/c1-3-13(7-10(14)15)11(16)9-4-5-12-8(2)6-9/h4-6H,3,7H2,1-2H3,(H,14,15). The van der Waals surface area contributed by atoms with Crippen molar-refractivity contribution >= 4 is 11.9 Å². The van der Waals surface area contributed by atoms with E-state index in [2.05, 4.69) is 4.98 Å². The average Bonchev–Trinajstić information content (AvgIpc) is 2.24. The molecule has 0 spiro atoms. The zero-order valence-electron chi connectivity index (χ0n) is 9.30. The summed E-state index contributed by atoms with van der Waals surface area (Å²) in [5, 5.41) is 8.66. The Labute approximate surface area is 93.7 Å². The van der Waals surface area contributed by atoms with E-state index in [-0.39, 0.29) is 12.5 Å². The zero-order chi connectivity index (χ0) is 12.1. The first-order valence-corrected chi connectivity index (χ1v) is 4.98. The number of hydrogen-bond donors (Lipinski definition) is 1. The highest BCUT2D eigenvalue weighted by atomic mass is 16.4. The second-order valence-corrected chi connectivity index (χ2v) is 3.40. The van der Waals surface area contributed by atoms with E-state index in [1.54, 1.807) is 26.0 Å². The van der Waals surface area contributed by atoms with Crippen molar-refractivity contribution < 1.29 is 14.7 Å². The molecule has 0 atom stereocenters. The number of aliphatic carboxylic acids is 1. The monoisotopic (exact) mass is 222 g/mol. The highest BCUT2D eigenvalue weighted by Crippen LogP contribution is 2.05. The van der Waals surface area contributed by atoms with E-state index in [1.165, 1.54) is 11.1 Å². The number of aryl methyl sites for hydroxylation is 1. The topological polar surface area (TPSA) is 70.5 Å². The summed E-state index contributed by atoms with van der Waals surface area (Å²) < 4.78 is 0. The van der Waals surface area contributed by atoms with Gasteiger partial charge in [0.25, 0.3) is 5.91 Å². The fourth-order valence-corrected chi connectivity index (χ4v) is 1.35. The molecule has 0 saturated heterocycles. The molecule has 1 N–H and O–H groups in total. The molecule has 0 bridgehead atoms. The molecular weight excluding hydrogens is 208 g/mol. The van der Waals surface area contributed by atoms with Crippen LogP contribution in [0.5, 0.6) is 0 Å². The zero-order valence-corrected chi connectivity index (χ0v) is 9.30. The Bertz CT molecular complexity index is 404. The summed E-state index contributed by atoms with van der Waals surface area (Å²) in [7, 11) is 0. The van der Waals surface area contributed by atoms with E-state index >= 15 is 0 Å². The van der Waals surface area contributed by atoms with Gasteiger partial charge in [0.05, 0.1) is 0 Å². The van der Waals surface area contributed by atoms with Crippen LogP contribution in [-0.4, -0.2) is 40.0 Å². The average molecular weight is 222 g/mol. The summed E-state index contributed by atoms with van der Waals surface area (Å²) >= 11 is 0. The van der Waals surface area contributed by atoms with E-state index in [1.807, 2.05) is 0 Å². The molecule has 1 aromatic rings. The van der Waals surface area contributed by atoms with Gasteiger partial charge in [0.15, 0.2) is 0 Å². The van der Waals surface area contributed by atoms with Crippen molar-refractivity contribution in [3.05, 3.63) is 29.6 Å². The largest absolute Gasteiger partial charge is 0.480 e. The number of carboxylic acid groups (broad SMARTS) is 1. The van der Waals surface area contributed by atoms with Gasteiger partial charge in [-0.1, -0.05) is 0 Å². The molecule has 5 nitrogen and oxygen atoms in total. The predicted octanol–water partition coefficient (Wildman–Crippen LogP) is 0.937. The maximum atomic E-state index is 11.9. The summed E-state index contributed by atoms with van der Waals surface area (Å²) in [6, 6.07) is 3.23. The first-order valence-electron chi connectivity index (χ1n) is 4.98. The highest BCUT2D eigenvalue weighted by Gasteiger charge is 2.16. The molecule has 16 heavy (non-hydrogen) atoms. The quantitative estimate of drug-likeness (QED) is 0.822. The lowest BCUT2D eigenvalue weighted by Gasteiger charge is -2.18. The van der Waals surface area contributed by atoms with Gasteiger partial charge in [-0.05, 0) is 26.0 Å². The summed E-state index contributed by atoms with van der Waals surface area (Å²) in [6.45, 7) is 3.61. The Kier molecular flexibility index (Phi) is 3.99. The lowest BCUT2D eigenvalue weighted by Crippen LogP contribution is -2.35. The molecule has 0 aromatic carbocycles. The Morgan fingerprint density at radius 3 is 2.69 bits per heavy atom. The molecule has 0 radical (unpaired) electrons. The molecule has 0 aliphatic heterocycles. The van der Waals surface area contributed by atoms with Crippen molar-refractivity contribution in [1.82, 2.24) is 9.88 Å². The Morgan fingerprint density at radius 2 is 2.19 bits per heavy atom. The second-order valence-electron chi connectivity index (χ2n) is 3.40. The lowest BCUT2D eigenvalue weighted by molar-refractivity contribution is -0.137. The van der Waals surface area contributed by atoms with Gasteiger partial charge in [-0.3, -0.25) is 14.6 Å². The third-order valence-electron chi connectivity index (χ3n) is 2.14. The van der Waals surface area contributed by atoms with Crippen LogP contribution in [0.2, 0.25) is 0 Å². The first-order chi connectivity index (χ1) is 7.54. The second kappa shape index (κ2) is 5.25. The molecule has 1 aromatic heterocycles. The maximum absolute atomic E-state index is 11.9. The molecule has 1 amide bonds. The normalized spacial score (nSPS) is 9.88. The van der Waals surface area contributed by atoms with Crippen LogP contribution in [0, 0.1) is 6.92 Å². The Hall–Kier alpha value is -1.91. The van der Waals surface area contributed by atoms with Crippen LogP contribution >= 0.6 is 0 Å². The fraction of sp³-hybridized carbons (Fsp3) is 0.364. The number of amides is 1. The van der Waals surface area contributed by atoms with E-state index in [0.29, 0.717) is 12.1 Å². The van der Waals surface area contributed by atoms with Crippen LogP contribution in [0.25, 0.3) is 0 Å². The van der Waals surface area contributed by atoms with Gasteiger partial charge in [-0.2, -0.15) is 0 Å². The number of likely N-dealkylation sites (N-methyl/N-ethyl adjacent to an activating group) is 1. The molecule has 1 rings (SSSR count). The highest BCUT2D eigenvalue weighted by molar-refractivity contribution is 5.95. The van der Waals surface area contributed by atoms with Gasteiger partial charge in [0.1, 0.15) is 6.54 Å². The van der Waals surface area contributed by atoms with Crippen molar-refractivity contribution in [2.75, 3.05) is 13.1 Å². The SMILES string of the molecule is CCN(CC(=O)O)C(=O)c1ccnc(C)c1. The summed E-state index contributed by atoms with van der Waals surface area (Å²) in [5.74, 6) is -1.30. The minimum atomic E-state index is -1.01. The minimum Gasteiger partial charge on any atom is -0.480 e. The predicted molar refractivity (Wildman–Crippen MR) is 58.2 cm³/mol. The molecule has 0 unspecified atom stereocenters. The molecular formula is C11H14N2O3. The number of aromatic nitrogens is 1. The van der Waals surface area contributed by atoms with Crippen LogP contribution < -0.4 is 0 Å². The molecule has 0 saturated carbocycles. The van der Waals surface area contributed by atoms with Crippen LogP contribution in [-0.2, 0) is 4.79 Å². The van der Waals surface area contributed by atoms with E-state index in [4.69, 9.17) is 5.11 Å². The smallest absolute Gasteiger partial charge is 0.323 e. The van der Waals surface area contributed by atoms with Crippen molar-refractivity contribution in [3.8, 4) is 0 Å². The van der Waals surface area contributed by atoms with Crippen molar-refractivity contribution in [2.24, 2.45) is 0 Å². The van der Waals surface area contributed by atoms with Crippen LogP contribution in [0.15, 0.2) is 18.3 Å². The number of rotatable bonds is 4. The van der Waals surface area contributed by atoms with Gasteiger partial charge < -0.3 is 10.0 Å². The van der Waals surface area contributed by atoms with Crippen molar-refractivity contribution in [1.29, 1.82) is 0 Å². The molecule has 1 heterocycles. The maximum Gasteiger partial charge on any atom is 0.323 e. The number of pyridine rings is 1. The van der Waals surface area contributed by atoms with Gasteiger partial charge >= 0.3 is 5.97 Å². The number of carboxylic acids is 1. The summed E-state index contributed by atoms with van der Waals surface area (Å²) in [6.07, 6.45) is 1.54. The molecule has 86 valence electrons. The molecule has 0 aliphatic carbocycles. The third kappa shape index (κ3) is 3.05. The van der Waals surface area contributed by atoms with E-state index in [9.17, 15) is 9.59 Å². The summed E-state index contributed by atoms with van der Waals surface area (Å²) in [5.41, 5.74) is 1.20. The Morgan fingerprint density at radius 1 is 1.50 bits per heavy atom. The number of carbonyl (C=O) groups is 2. The third-order valence-corrected chi connectivity index (χ3v) is 2.14. The number of nitrogens with zero attached hydrogens (tertiary/aromatic N) is 2. The van der Waals surface area contributed by atoms with E-state index in [0.717, 1.165) is 5.69 Å². The lowest BCUT2D eigenvalue weighted by atomic mass is 10.2. The summed E-state index contributed by atoms with van der Waals surface area (Å²) in [4.78, 5) is 27.7. The van der Waals surface area contributed by atoms with Crippen LogP contribution in [0.4, 0.5) is 0 Å². The van der Waals surface area contributed by atoms with Crippen molar-refractivity contribution in [3.63, 3.8) is 0 Å². The van der Waals surface area contributed by atoms with Gasteiger partial charge in [0, 0.05) is 24.0 Å². The van der Waals surface area contributed by atoms with Gasteiger partial charge in [-0.15, -0.1) is 0 Å². The van der Waals surface area contributed by atoms with Crippen LogP contribution in [0.3, 0.4) is 0 Å². The minimum absolute atomic E-state index is 0.281. The molecule has 0 fully saturated rings. The molecule has 5 heteroatoms. The fourth-order valence-electron chi connectivity index (χ4n) is 1.35. The van der Waals surface area contributed by atoms with Gasteiger partial charge in [-0.25, -0.2) is 0 Å². The Balaban J connectivity index is 2.86. The number of carbonyl (C=O) groups excluding carboxylic acids is 1. The van der Waals surface area contributed by atoms with E-state index < -0.39 is 5.97 Å². The van der Waals surface area contributed by atoms with Crippen molar-refractivity contribution in [2.45, 2.75) is 13.8 Å².